The fourth-order valence-electron chi connectivity index (χ4n) is 1.49. The van der Waals surface area contributed by atoms with Gasteiger partial charge in [-0.3, -0.25) is 9.89 Å². The zero-order valence-corrected chi connectivity index (χ0v) is 9.95. The molecule has 2 unspecified atom stereocenters. The van der Waals surface area contributed by atoms with Gasteiger partial charge in [0.15, 0.2) is 0 Å². The van der Waals surface area contributed by atoms with Gasteiger partial charge in [-0.05, 0) is 20.3 Å². The molecule has 90 valence electrons. The Hall–Kier alpha value is -1.43. The van der Waals surface area contributed by atoms with Gasteiger partial charge in [-0.25, -0.2) is 4.98 Å². The van der Waals surface area contributed by atoms with E-state index in [0.717, 1.165) is 6.42 Å². The zero-order chi connectivity index (χ0) is 12.2. The van der Waals surface area contributed by atoms with E-state index in [1.54, 1.807) is 6.92 Å². The van der Waals surface area contributed by atoms with E-state index in [0.29, 0.717) is 12.2 Å². The molecule has 0 spiro atoms. The highest BCUT2D eigenvalue weighted by Gasteiger charge is 2.28. The van der Waals surface area contributed by atoms with Crippen LogP contribution in [0, 0.1) is 0 Å². The summed E-state index contributed by atoms with van der Waals surface area (Å²) in [5, 5.41) is 9.25. The van der Waals surface area contributed by atoms with Crippen molar-refractivity contribution in [3.05, 3.63) is 12.2 Å². The van der Waals surface area contributed by atoms with E-state index in [2.05, 4.69) is 20.5 Å². The van der Waals surface area contributed by atoms with Crippen LogP contribution in [0.4, 0.5) is 0 Å². The summed E-state index contributed by atoms with van der Waals surface area (Å²) in [5.41, 5.74) is 5.08. The van der Waals surface area contributed by atoms with Crippen LogP contribution in [-0.4, -0.2) is 26.6 Å². The highest BCUT2D eigenvalue weighted by Crippen LogP contribution is 2.12. The van der Waals surface area contributed by atoms with Crippen LogP contribution in [0.15, 0.2) is 6.33 Å². The molecule has 16 heavy (non-hydrogen) atoms. The molecule has 1 aromatic rings. The lowest BCUT2D eigenvalue weighted by Crippen LogP contribution is -2.52. The summed E-state index contributed by atoms with van der Waals surface area (Å²) in [5.74, 6) is 0.457. The molecule has 6 nitrogen and oxygen atoms in total. The number of H-pyrrole nitrogens is 1. The van der Waals surface area contributed by atoms with Crippen molar-refractivity contribution in [2.24, 2.45) is 5.73 Å². The van der Waals surface area contributed by atoms with E-state index in [9.17, 15) is 4.79 Å². The van der Waals surface area contributed by atoms with Gasteiger partial charge in [0.1, 0.15) is 12.2 Å². The molecule has 0 bridgehead atoms. The molecule has 6 heteroatoms. The van der Waals surface area contributed by atoms with Crippen LogP contribution in [0.5, 0.6) is 0 Å². The van der Waals surface area contributed by atoms with E-state index < -0.39 is 5.54 Å². The molecule has 0 radical (unpaired) electrons. The molecule has 1 aromatic heterocycles. The number of hydrogen-bond donors (Lipinski definition) is 3. The molecular weight excluding hydrogens is 206 g/mol. The number of nitrogens with two attached hydrogens (primary N) is 1. The minimum Gasteiger partial charge on any atom is -0.345 e. The number of hydrogen-bond acceptors (Lipinski definition) is 4. The van der Waals surface area contributed by atoms with Gasteiger partial charge in [0.2, 0.25) is 5.91 Å². The van der Waals surface area contributed by atoms with Gasteiger partial charge in [0, 0.05) is 0 Å². The second kappa shape index (κ2) is 5.07. The summed E-state index contributed by atoms with van der Waals surface area (Å²) in [6.07, 6.45) is 2.94. The summed E-state index contributed by atoms with van der Waals surface area (Å²) in [4.78, 5) is 15.8. The standard InChI is InChI=1S/C10H19N5O/c1-4-5-10(3,11)9(16)14-7(2)8-12-6-13-15-8/h6-7H,4-5,11H2,1-3H3,(H,14,16)(H,12,13,15). The SMILES string of the molecule is CCCC(C)(N)C(=O)NC(C)c1ncn[nH]1. The summed E-state index contributed by atoms with van der Waals surface area (Å²) in [7, 11) is 0. The molecule has 0 saturated carbocycles. The smallest absolute Gasteiger partial charge is 0.240 e. The molecule has 0 fully saturated rings. The maximum Gasteiger partial charge on any atom is 0.240 e. The normalized spacial score (nSPS) is 16.5. The molecule has 2 atom stereocenters. The number of aromatic amines is 1. The number of carbonyl (C=O) groups is 1. The third-order valence-corrected chi connectivity index (χ3v) is 2.48. The van der Waals surface area contributed by atoms with Gasteiger partial charge in [-0.15, -0.1) is 0 Å². The minimum atomic E-state index is -0.830. The lowest BCUT2D eigenvalue weighted by molar-refractivity contribution is -0.126. The minimum absolute atomic E-state index is 0.168. The number of amides is 1. The van der Waals surface area contributed by atoms with Crippen LogP contribution in [0.2, 0.25) is 0 Å². The number of carbonyl (C=O) groups excluding carboxylic acids is 1. The first-order valence-electron chi connectivity index (χ1n) is 5.42. The van der Waals surface area contributed by atoms with Crippen molar-refractivity contribution in [3.63, 3.8) is 0 Å². The van der Waals surface area contributed by atoms with Gasteiger partial charge in [-0.2, -0.15) is 5.10 Å². The van der Waals surface area contributed by atoms with E-state index in [1.165, 1.54) is 6.33 Å². The molecule has 1 heterocycles. The van der Waals surface area contributed by atoms with E-state index in [1.807, 2.05) is 13.8 Å². The van der Waals surface area contributed by atoms with Crippen LogP contribution < -0.4 is 11.1 Å². The molecule has 1 amide bonds. The zero-order valence-electron chi connectivity index (χ0n) is 9.95. The van der Waals surface area contributed by atoms with Crippen LogP contribution in [-0.2, 0) is 4.79 Å². The van der Waals surface area contributed by atoms with Crippen molar-refractivity contribution in [1.29, 1.82) is 0 Å². The van der Waals surface area contributed by atoms with Crippen molar-refractivity contribution in [3.8, 4) is 0 Å². The molecule has 0 aliphatic heterocycles. The highest BCUT2D eigenvalue weighted by molar-refractivity contribution is 5.85. The first kappa shape index (κ1) is 12.6. The van der Waals surface area contributed by atoms with Crippen molar-refractivity contribution in [1.82, 2.24) is 20.5 Å². The topological polar surface area (TPSA) is 96.7 Å². The lowest BCUT2D eigenvalue weighted by atomic mass is 9.96. The van der Waals surface area contributed by atoms with E-state index in [-0.39, 0.29) is 11.9 Å². The number of aromatic nitrogens is 3. The second-order valence-corrected chi connectivity index (χ2v) is 4.23. The molecule has 4 N–H and O–H groups in total. The highest BCUT2D eigenvalue weighted by atomic mass is 16.2. The average Bonchev–Trinajstić information content (AvgIpc) is 2.70. The summed E-state index contributed by atoms with van der Waals surface area (Å²) >= 11 is 0. The number of nitrogens with zero attached hydrogens (tertiary/aromatic N) is 2. The molecule has 1 rings (SSSR count). The van der Waals surface area contributed by atoms with Crippen molar-refractivity contribution < 1.29 is 4.79 Å². The maximum absolute atomic E-state index is 11.9. The predicted octanol–water partition coefficient (Wildman–Crippen LogP) is 0.499. The Morgan fingerprint density at radius 3 is 2.94 bits per heavy atom. The van der Waals surface area contributed by atoms with E-state index >= 15 is 0 Å². The Labute approximate surface area is 95.0 Å². The summed E-state index contributed by atoms with van der Waals surface area (Å²) in [6, 6.07) is -0.213. The van der Waals surface area contributed by atoms with Crippen LogP contribution >= 0.6 is 0 Å². The van der Waals surface area contributed by atoms with Crippen LogP contribution in [0.3, 0.4) is 0 Å². The van der Waals surface area contributed by atoms with Gasteiger partial charge >= 0.3 is 0 Å². The largest absolute Gasteiger partial charge is 0.345 e. The number of rotatable bonds is 5. The summed E-state index contributed by atoms with van der Waals surface area (Å²) < 4.78 is 0. The Kier molecular flexibility index (Phi) is 4.00. The molecule has 0 aliphatic carbocycles. The quantitative estimate of drug-likeness (QED) is 0.679. The fourth-order valence-corrected chi connectivity index (χ4v) is 1.49. The van der Waals surface area contributed by atoms with Crippen LogP contribution in [0.25, 0.3) is 0 Å². The Balaban J connectivity index is 2.57. The third-order valence-electron chi connectivity index (χ3n) is 2.48. The Bertz CT molecular complexity index is 333. The Morgan fingerprint density at radius 1 is 1.75 bits per heavy atom. The second-order valence-electron chi connectivity index (χ2n) is 4.23. The Morgan fingerprint density at radius 2 is 2.44 bits per heavy atom. The van der Waals surface area contributed by atoms with Crippen molar-refractivity contribution >= 4 is 5.91 Å². The first-order valence-corrected chi connectivity index (χ1v) is 5.42. The summed E-state index contributed by atoms with van der Waals surface area (Å²) in [6.45, 7) is 5.57. The predicted molar refractivity (Wildman–Crippen MR) is 60.4 cm³/mol. The van der Waals surface area contributed by atoms with Crippen molar-refractivity contribution in [2.75, 3.05) is 0 Å². The molecule has 0 saturated heterocycles. The lowest BCUT2D eigenvalue weighted by Gasteiger charge is -2.24. The van der Waals surface area contributed by atoms with Gasteiger partial charge in [-0.1, -0.05) is 13.3 Å². The van der Waals surface area contributed by atoms with E-state index in [4.69, 9.17) is 5.73 Å². The maximum atomic E-state index is 11.9. The average molecular weight is 225 g/mol. The van der Waals surface area contributed by atoms with Crippen LogP contribution in [0.1, 0.15) is 45.5 Å². The van der Waals surface area contributed by atoms with Crippen molar-refractivity contribution in [2.45, 2.75) is 45.2 Å². The fraction of sp³-hybridized carbons (Fsp3) is 0.700. The third kappa shape index (κ3) is 3.03. The van der Waals surface area contributed by atoms with Gasteiger partial charge in [0.05, 0.1) is 11.6 Å². The molecular formula is C10H19N5O. The first-order chi connectivity index (χ1) is 7.47. The van der Waals surface area contributed by atoms with Gasteiger partial charge < -0.3 is 11.1 Å². The molecule has 0 aromatic carbocycles. The van der Waals surface area contributed by atoms with Gasteiger partial charge in [0.25, 0.3) is 0 Å². The molecule has 0 aliphatic rings. The monoisotopic (exact) mass is 225 g/mol. The number of nitrogens with one attached hydrogen (secondary N) is 2.